The first-order valence-electron chi connectivity index (χ1n) is 6.33. The molecule has 5 heteroatoms. The summed E-state index contributed by atoms with van der Waals surface area (Å²) in [7, 11) is 0. The van der Waals surface area contributed by atoms with Crippen LogP contribution in [0.3, 0.4) is 0 Å². The minimum Gasteiger partial charge on any atom is -0.491 e. The third kappa shape index (κ3) is 3.23. The van der Waals surface area contributed by atoms with Gasteiger partial charge < -0.3 is 4.74 Å². The molecule has 0 saturated heterocycles. The fraction of sp³-hybridized carbons (Fsp3) is 0.267. The maximum absolute atomic E-state index is 11.5. The highest BCUT2D eigenvalue weighted by Crippen LogP contribution is 2.22. The predicted molar refractivity (Wildman–Crippen MR) is 75.4 cm³/mol. The van der Waals surface area contributed by atoms with Crippen LogP contribution in [0.15, 0.2) is 35.1 Å². The smallest absolute Gasteiger partial charge is 0.268 e. The van der Waals surface area contributed by atoms with Gasteiger partial charge in [-0.1, -0.05) is 12.1 Å². The van der Waals surface area contributed by atoms with Gasteiger partial charge in [-0.3, -0.25) is 4.79 Å². The second-order valence-electron chi connectivity index (χ2n) is 4.64. The average molecular weight is 269 g/mol. The van der Waals surface area contributed by atoms with Crippen LogP contribution in [0.4, 0.5) is 0 Å². The summed E-state index contributed by atoms with van der Waals surface area (Å²) in [5.74, 6) is 0.743. The van der Waals surface area contributed by atoms with Crippen LogP contribution in [-0.2, 0) is 6.42 Å². The van der Waals surface area contributed by atoms with E-state index in [0.717, 1.165) is 11.3 Å². The van der Waals surface area contributed by atoms with Crippen molar-refractivity contribution in [3.05, 3.63) is 46.2 Å². The molecule has 0 atom stereocenters. The summed E-state index contributed by atoms with van der Waals surface area (Å²) >= 11 is 0. The largest absolute Gasteiger partial charge is 0.491 e. The van der Waals surface area contributed by atoms with Gasteiger partial charge in [0.2, 0.25) is 0 Å². The zero-order valence-electron chi connectivity index (χ0n) is 11.4. The summed E-state index contributed by atoms with van der Waals surface area (Å²) < 4.78 is 5.63. The van der Waals surface area contributed by atoms with Crippen LogP contribution in [0, 0.1) is 11.3 Å². The molecule has 0 aliphatic rings. The molecule has 0 bridgehead atoms. The van der Waals surface area contributed by atoms with E-state index in [1.807, 2.05) is 44.2 Å². The van der Waals surface area contributed by atoms with Gasteiger partial charge in [-0.15, -0.1) is 0 Å². The summed E-state index contributed by atoms with van der Waals surface area (Å²) in [5.41, 5.74) is 1.53. The molecule has 0 aliphatic heterocycles. The molecule has 2 aromatic rings. The molecule has 0 aliphatic carbocycles. The third-order valence-corrected chi connectivity index (χ3v) is 2.65. The lowest BCUT2D eigenvalue weighted by Gasteiger charge is -2.10. The van der Waals surface area contributed by atoms with Crippen molar-refractivity contribution in [3.8, 4) is 23.1 Å². The summed E-state index contributed by atoms with van der Waals surface area (Å²) in [6.45, 7) is 3.91. The van der Waals surface area contributed by atoms with Crippen molar-refractivity contribution in [1.82, 2.24) is 10.2 Å². The van der Waals surface area contributed by atoms with Gasteiger partial charge in [-0.2, -0.15) is 10.4 Å². The molecule has 1 aromatic carbocycles. The first-order chi connectivity index (χ1) is 9.60. The number of ether oxygens (including phenoxy) is 1. The number of benzene rings is 1. The number of nitrogens with one attached hydrogen (secondary N) is 1. The first kappa shape index (κ1) is 13.8. The van der Waals surface area contributed by atoms with E-state index in [4.69, 9.17) is 10.00 Å². The van der Waals surface area contributed by atoms with Crippen molar-refractivity contribution in [2.45, 2.75) is 26.4 Å². The number of hydrogen-bond donors (Lipinski definition) is 1. The van der Waals surface area contributed by atoms with Gasteiger partial charge in [0, 0.05) is 11.1 Å². The molecule has 0 spiro atoms. The van der Waals surface area contributed by atoms with E-state index in [0.29, 0.717) is 11.3 Å². The average Bonchev–Trinajstić information content (AvgIpc) is 2.41. The molecule has 1 heterocycles. The highest BCUT2D eigenvalue weighted by atomic mass is 16.5. The summed E-state index contributed by atoms with van der Waals surface area (Å²) in [4.78, 5) is 11.5. The number of aromatic nitrogens is 2. The first-order valence-corrected chi connectivity index (χ1v) is 6.33. The van der Waals surface area contributed by atoms with Crippen LogP contribution in [0.25, 0.3) is 11.3 Å². The van der Waals surface area contributed by atoms with E-state index >= 15 is 0 Å². The monoisotopic (exact) mass is 269 g/mol. The maximum atomic E-state index is 11.5. The Kier molecular flexibility index (Phi) is 4.16. The zero-order valence-corrected chi connectivity index (χ0v) is 11.4. The zero-order chi connectivity index (χ0) is 14.5. The maximum Gasteiger partial charge on any atom is 0.268 e. The van der Waals surface area contributed by atoms with Crippen LogP contribution in [0.1, 0.15) is 19.4 Å². The third-order valence-electron chi connectivity index (χ3n) is 2.65. The Morgan fingerprint density at radius 1 is 1.40 bits per heavy atom. The quantitative estimate of drug-likeness (QED) is 0.923. The van der Waals surface area contributed by atoms with E-state index in [-0.39, 0.29) is 18.1 Å². The Labute approximate surface area is 116 Å². The van der Waals surface area contributed by atoms with Crippen molar-refractivity contribution in [2.24, 2.45) is 0 Å². The van der Waals surface area contributed by atoms with Crippen molar-refractivity contribution in [2.75, 3.05) is 0 Å². The molecule has 0 radical (unpaired) electrons. The molecule has 20 heavy (non-hydrogen) atoms. The van der Waals surface area contributed by atoms with Gasteiger partial charge in [0.1, 0.15) is 5.75 Å². The van der Waals surface area contributed by atoms with E-state index < -0.39 is 0 Å². The van der Waals surface area contributed by atoms with Gasteiger partial charge in [0.15, 0.2) is 0 Å². The summed E-state index contributed by atoms with van der Waals surface area (Å²) in [5, 5.41) is 15.1. The SMILES string of the molecule is CC(C)Oc1cccc(-c2cc(CC#N)c(=O)[nH]n2)c1. The van der Waals surface area contributed by atoms with Gasteiger partial charge in [-0.25, -0.2) is 5.10 Å². The molecule has 1 aromatic heterocycles. The van der Waals surface area contributed by atoms with Crippen LogP contribution >= 0.6 is 0 Å². The Morgan fingerprint density at radius 2 is 2.20 bits per heavy atom. The topological polar surface area (TPSA) is 78.8 Å². The van der Waals surface area contributed by atoms with Gasteiger partial charge in [0.25, 0.3) is 5.56 Å². The van der Waals surface area contributed by atoms with Crippen molar-refractivity contribution in [1.29, 1.82) is 5.26 Å². The number of nitrogens with zero attached hydrogens (tertiary/aromatic N) is 2. The van der Waals surface area contributed by atoms with E-state index in [2.05, 4.69) is 10.2 Å². The molecular weight excluding hydrogens is 254 g/mol. The van der Waals surface area contributed by atoms with Crippen LogP contribution < -0.4 is 10.3 Å². The number of nitriles is 1. The standard InChI is InChI=1S/C15H15N3O2/c1-10(2)20-13-5-3-4-11(8-13)14-9-12(6-7-16)15(19)18-17-14/h3-5,8-10H,6H2,1-2H3,(H,18,19). The molecule has 1 N–H and O–H groups in total. The van der Waals surface area contributed by atoms with Crippen LogP contribution in [-0.4, -0.2) is 16.3 Å². The van der Waals surface area contributed by atoms with Gasteiger partial charge >= 0.3 is 0 Å². The minimum absolute atomic E-state index is 0.0625. The highest BCUT2D eigenvalue weighted by molar-refractivity contribution is 5.61. The Hall–Kier alpha value is -2.61. The summed E-state index contributed by atoms with van der Waals surface area (Å²) in [6, 6.07) is 11.1. The number of aromatic amines is 1. The lowest BCUT2D eigenvalue weighted by atomic mass is 10.1. The molecule has 0 unspecified atom stereocenters. The minimum atomic E-state index is -0.329. The van der Waals surface area contributed by atoms with E-state index in [1.165, 1.54) is 0 Å². The molecule has 5 nitrogen and oxygen atoms in total. The van der Waals surface area contributed by atoms with E-state index in [9.17, 15) is 4.79 Å². The molecule has 2 rings (SSSR count). The fourth-order valence-electron chi connectivity index (χ4n) is 1.81. The number of H-pyrrole nitrogens is 1. The van der Waals surface area contributed by atoms with Gasteiger partial charge in [0.05, 0.1) is 24.3 Å². The Bertz CT molecular complexity index is 699. The Morgan fingerprint density at radius 3 is 2.90 bits per heavy atom. The van der Waals surface area contributed by atoms with E-state index in [1.54, 1.807) is 6.07 Å². The van der Waals surface area contributed by atoms with Crippen molar-refractivity contribution in [3.63, 3.8) is 0 Å². The number of hydrogen-bond acceptors (Lipinski definition) is 4. The predicted octanol–water partition coefficient (Wildman–Crippen LogP) is 2.29. The molecule has 0 amide bonds. The fourth-order valence-corrected chi connectivity index (χ4v) is 1.81. The molecule has 0 fully saturated rings. The van der Waals surface area contributed by atoms with Crippen LogP contribution in [0.5, 0.6) is 5.75 Å². The molecular formula is C15H15N3O2. The molecule has 102 valence electrons. The number of rotatable bonds is 4. The van der Waals surface area contributed by atoms with Crippen molar-refractivity contribution >= 4 is 0 Å². The second-order valence-corrected chi connectivity index (χ2v) is 4.64. The lowest BCUT2D eigenvalue weighted by molar-refractivity contribution is 0.242. The van der Waals surface area contributed by atoms with Gasteiger partial charge in [-0.05, 0) is 32.0 Å². The summed E-state index contributed by atoms with van der Waals surface area (Å²) in [6.07, 6.45) is 0.149. The normalized spacial score (nSPS) is 10.3. The highest BCUT2D eigenvalue weighted by Gasteiger charge is 2.07. The second kappa shape index (κ2) is 6.02. The van der Waals surface area contributed by atoms with Crippen molar-refractivity contribution < 1.29 is 4.74 Å². The molecule has 0 saturated carbocycles. The van der Waals surface area contributed by atoms with Crippen LogP contribution in [0.2, 0.25) is 0 Å². The Balaban J connectivity index is 2.39. The lowest BCUT2D eigenvalue weighted by Crippen LogP contribution is -2.14.